The second-order valence-corrected chi connectivity index (χ2v) is 5.87. The van der Waals surface area contributed by atoms with Crippen LogP contribution in [0.4, 0.5) is 0 Å². The van der Waals surface area contributed by atoms with Gasteiger partial charge in [-0.05, 0) is 6.42 Å². The van der Waals surface area contributed by atoms with Crippen LogP contribution in [0.2, 0.25) is 0 Å². The van der Waals surface area contributed by atoms with E-state index in [-0.39, 0.29) is 12.5 Å². The zero-order valence-corrected chi connectivity index (χ0v) is 13.6. The molecule has 0 aliphatic heterocycles. The Kier molecular flexibility index (Phi) is 16.1. The number of hydrogen-bond acceptors (Lipinski definition) is 2. The van der Waals surface area contributed by atoms with Gasteiger partial charge in [-0.2, -0.15) is 0 Å². The molecule has 0 saturated heterocycles. The average Bonchev–Trinajstić information content (AvgIpc) is 2.48. The van der Waals surface area contributed by atoms with Crippen LogP contribution in [-0.4, -0.2) is 18.3 Å². The van der Waals surface area contributed by atoms with Crippen LogP contribution in [0.3, 0.4) is 0 Å². The fourth-order valence-electron chi connectivity index (χ4n) is 2.53. The summed E-state index contributed by atoms with van der Waals surface area (Å²) in [6.07, 6.45) is 17.6. The summed E-state index contributed by atoms with van der Waals surface area (Å²) in [5.74, 6) is 0.284. The number of ether oxygens (including phenoxy) is 1. The molecule has 0 heterocycles. The molecule has 20 heavy (non-hydrogen) atoms. The lowest BCUT2D eigenvalue weighted by Crippen LogP contribution is -2.12. The first kappa shape index (κ1) is 19.5. The molecule has 0 aromatic heterocycles. The van der Waals surface area contributed by atoms with Gasteiger partial charge in [-0.25, -0.2) is 0 Å². The Morgan fingerprint density at radius 2 is 1.40 bits per heavy atom. The summed E-state index contributed by atoms with van der Waals surface area (Å²) in [7, 11) is 0. The van der Waals surface area contributed by atoms with Crippen molar-refractivity contribution in [2.45, 2.75) is 84.0 Å². The van der Waals surface area contributed by atoms with Crippen molar-refractivity contribution in [3.05, 3.63) is 12.8 Å². The summed E-state index contributed by atoms with van der Waals surface area (Å²) >= 11 is 0. The summed E-state index contributed by atoms with van der Waals surface area (Å²) in [5.41, 5.74) is 0. The summed E-state index contributed by atoms with van der Waals surface area (Å²) in [4.78, 5) is 0. The molecule has 1 N–H and O–H groups in total. The fourth-order valence-corrected chi connectivity index (χ4v) is 2.53. The molecule has 0 bridgehead atoms. The van der Waals surface area contributed by atoms with Crippen molar-refractivity contribution in [3.8, 4) is 0 Å². The van der Waals surface area contributed by atoms with E-state index < -0.39 is 0 Å². The quantitative estimate of drug-likeness (QED) is 0.301. The third-order valence-corrected chi connectivity index (χ3v) is 3.92. The van der Waals surface area contributed by atoms with Gasteiger partial charge in [-0.15, -0.1) is 0 Å². The van der Waals surface area contributed by atoms with E-state index in [1.165, 1.54) is 76.9 Å². The number of unbranched alkanes of at least 4 members (excludes halogenated alkanes) is 10. The van der Waals surface area contributed by atoms with Gasteiger partial charge in [-0.3, -0.25) is 0 Å². The van der Waals surface area contributed by atoms with Crippen LogP contribution < -0.4 is 0 Å². The maximum Gasteiger partial charge on any atom is 0.0923 e. The zero-order chi connectivity index (χ0) is 14.9. The Morgan fingerprint density at radius 1 is 0.900 bits per heavy atom. The van der Waals surface area contributed by atoms with Crippen molar-refractivity contribution in [3.63, 3.8) is 0 Å². The molecule has 0 aliphatic rings. The minimum atomic E-state index is 0.228. The molecule has 0 spiro atoms. The molecule has 1 unspecified atom stereocenters. The lowest BCUT2D eigenvalue weighted by Gasteiger charge is -2.12. The van der Waals surface area contributed by atoms with Gasteiger partial charge in [0, 0.05) is 12.5 Å². The van der Waals surface area contributed by atoms with E-state index in [2.05, 4.69) is 13.5 Å². The lowest BCUT2D eigenvalue weighted by atomic mass is 10.0. The molecule has 0 aromatic carbocycles. The highest BCUT2D eigenvalue weighted by Gasteiger charge is 2.06. The fraction of sp³-hybridized carbons (Fsp3) is 0.889. The van der Waals surface area contributed by atoms with Crippen molar-refractivity contribution >= 4 is 0 Å². The van der Waals surface area contributed by atoms with Crippen LogP contribution in [-0.2, 0) is 4.74 Å². The van der Waals surface area contributed by atoms with Gasteiger partial charge in [0.1, 0.15) is 0 Å². The van der Waals surface area contributed by atoms with E-state index in [1.54, 1.807) is 0 Å². The van der Waals surface area contributed by atoms with E-state index in [1.807, 2.05) is 0 Å². The minimum absolute atomic E-state index is 0.228. The molecule has 0 fully saturated rings. The van der Waals surface area contributed by atoms with Crippen LogP contribution >= 0.6 is 0 Å². The highest BCUT2D eigenvalue weighted by molar-refractivity contribution is 4.60. The number of aliphatic hydroxyl groups is 1. The maximum atomic E-state index is 9.20. The van der Waals surface area contributed by atoms with Gasteiger partial charge in [0.25, 0.3) is 0 Å². The van der Waals surface area contributed by atoms with Crippen molar-refractivity contribution in [1.29, 1.82) is 0 Å². The van der Waals surface area contributed by atoms with Gasteiger partial charge in [-0.1, -0.05) is 84.1 Å². The summed E-state index contributed by atoms with van der Waals surface area (Å²) in [6.45, 7) is 6.63. The Bertz CT molecular complexity index is 192. The number of aliphatic hydroxyl groups excluding tert-OH is 1. The monoisotopic (exact) mass is 284 g/mol. The second kappa shape index (κ2) is 16.6. The molecular formula is C18H36O2. The Labute approximate surface area is 126 Å². The van der Waals surface area contributed by atoms with Crippen LogP contribution in [0.5, 0.6) is 0 Å². The number of rotatable bonds is 16. The molecule has 0 amide bonds. The molecule has 2 nitrogen and oxygen atoms in total. The predicted octanol–water partition coefficient (Wildman–Crippen LogP) is 5.46. The molecule has 2 heteroatoms. The van der Waals surface area contributed by atoms with Gasteiger partial charge in [0.2, 0.25) is 0 Å². The first-order valence-electron chi connectivity index (χ1n) is 8.68. The van der Waals surface area contributed by atoms with E-state index in [0.29, 0.717) is 6.61 Å². The smallest absolute Gasteiger partial charge is 0.0923 e. The van der Waals surface area contributed by atoms with Crippen molar-refractivity contribution in [1.82, 2.24) is 0 Å². The SMILES string of the molecule is C=COCC(CO)CCCCCCCCCCCCC. The molecule has 0 aliphatic carbocycles. The average molecular weight is 284 g/mol. The van der Waals surface area contributed by atoms with Crippen LogP contribution in [0.25, 0.3) is 0 Å². The van der Waals surface area contributed by atoms with Crippen molar-refractivity contribution in [2.75, 3.05) is 13.2 Å². The standard InChI is InChI=1S/C18H36O2/c1-3-5-6-7-8-9-10-11-12-13-14-15-18(16-19)17-20-4-2/h4,18-19H,2-3,5-17H2,1H3. The number of hydrogen-bond donors (Lipinski definition) is 1. The third-order valence-electron chi connectivity index (χ3n) is 3.92. The van der Waals surface area contributed by atoms with Crippen LogP contribution in [0.15, 0.2) is 12.8 Å². The molecule has 120 valence electrons. The Balaban J connectivity index is 3.17. The van der Waals surface area contributed by atoms with E-state index in [4.69, 9.17) is 4.74 Å². The summed E-state index contributed by atoms with van der Waals surface area (Å²) < 4.78 is 5.14. The van der Waals surface area contributed by atoms with E-state index >= 15 is 0 Å². The normalized spacial score (nSPS) is 12.3. The molecule has 0 saturated carbocycles. The van der Waals surface area contributed by atoms with Crippen LogP contribution in [0.1, 0.15) is 84.0 Å². The molecule has 0 radical (unpaired) electrons. The van der Waals surface area contributed by atoms with Crippen LogP contribution in [0, 0.1) is 5.92 Å². The Morgan fingerprint density at radius 3 is 1.85 bits per heavy atom. The first-order chi connectivity index (χ1) is 9.85. The molecule has 0 aromatic rings. The lowest BCUT2D eigenvalue weighted by molar-refractivity contribution is 0.128. The highest BCUT2D eigenvalue weighted by Crippen LogP contribution is 2.14. The largest absolute Gasteiger partial charge is 0.501 e. The highest BCUT2D eigenvalue weighted by atomic mass is 16.5. The minimum Gasteiger partial charge on any atom is -0.501 e. The summed E-state index contributed by atoms with van der Waals surface area (Å²) in [5, 5.41) is 9.20. The van der Waals surface area contributed by atoms with Gasteiger partial charge in [0.15, 0.2) is 0 Å². The second-order valence-electron chi connectivity index (χ2n) is 5.87. The van der Waals surface area contributed by atoms with Gasteiger partial charge < -0.3 is 9.84 Å². The first-order valence-corrected chi connectivity index (χ1v) is 8.68. The maximum absolute atomic E-state index is 9.20. The molecule has 0 rings (SSSR count). The topological polar surface area (TPSA) is 29.5 Å². The predicted molar refractivity (Wildman–Crippen MR) is 87.8 cm³/mol. The zero-order valence-electron chi connectivity index (χ0n) is 13.6. The summed E-state index contributed by atoms with van der Waals surface area (Å²) in [6, 6.07) is 0. The Hall–Kier alpha value is -0.500. The van der Waals surface area contributed by atoms with E-state index in [0.717, 1.165) is 6.42 Å². The van der Waals surface area contributed by atoms with Crippen molar-refractivity contribution in [2.24, 2.45) is 5.92 Å². The van der Waals surface area contributed by atoms with E-state index in [9.17, 15) is 5.11 Å². The van der Waals surface area contributed by atoms with Gasteiger partial charge in [0.05, 0.1) is 12.9 Å². The van der Waals surface area contributed by atoms with Crippen molar-refractivity contribution < 1.29 is 9.84 Å². The van der Waals surface area contributed by atoms with Gasteiger partial charge >= 0.3 is 0 Å². The third kappa shape index (κ3) is 13.9. The molecule has 1 atom stereocenters. The molecular weight excluding hydrogens is 248 g/mol.